The number of amides is 1. The number of hydrogen-bond donors (Lipinski definition) is 0. The minimum atomic E-state index is -0.00850. The molecule has 0 spiro atoms. The molecule has 0 aliphatic carbocycles. The minimum absolute atomic E-state index is 0.00850. The maximum atomic E-state index is 12.7. The summed E-state index contributed by atoms with van der Waals surface area (Å²) in [4.78, 5) is 14.6. The van der Waals surface area contributed by atoms with Crippen molar-refractivity contribution in [2.45, 2.75) is 46.4 Å². The Kier molecular flexibility index (Phi) is 5.88. The molecule has 26 heavy (non-hydrogen) atoms. The normalized spacial score (nSPS) is 16.9. The number of para-hydroxylation sites is 1. The van der Waals surface area contributed by atoms with Crippen LogP contribution in [0.3, 0.4) is 0 Å². The lowest BCUT2D eigenvalue weighted by atomic mass is 10.2. The molecule has 1 amide bonds. The second-order valence-corrected chi connectivity index (χ2v) is 6.52. The molecule has 0 fully saturated rings. The second kappa shape index (κ2) is 8.31. The van der Waals surface area contributed by atoms with E-state index in [-0.39, 0.29) is 18.6 Å². The molecule has 1 atom stereocenters. The molecule has 1 aromatic carbocycles. The number of aromatic nitrogens is 3. The highest BCUT2D eigenvalue weighted by molar-refractivity contribution is 5.78. The lowest BCUT2D eigenvalue weighted by Gasteiger charge is -2.26. The topological polar surface area (TPSA) is 69.5 Å². The number of carbonyl (C=O) groups is 1. The average Bonchev–Trinajstić information content (AvgIpc) is 2.92. The summed E-state index contributed by atoms with van der Waals surface area (Å²) < 4.78 is 13.3. The van der Waals surface area contributed by atoms with Crippen molar-refractivity contribution in [1.82, 2.24) is 19.7 Å². The van der Waals surface area contributed by atoms with Crippen LogP contribution in [0.1, 0.15) is 31.1 Å². The van der Waals surface area contributed by atoms with Gasteiger partial charge in [0, 0.05) is 32.2 Å². The fourth-order valence-electron chi connectivity index (χ4n) is 3.20. The van der Waals surface area contributed by atoms with Gasteiger partial charge in [-0.1, -0.05) is 18.2 Å². The average molecular weight is 358 g/mol. The van der Waals surface area contributed by atoms with Crippen LogP contribution in [0.4, 0.5) is 0 Å². The van der Waals surface area contributed by atoms with Gasteiger partial charge in [-0.25, -0.2) is 0 Å². The van der Waals surface area contributed by atoms with Crippen LogP contribution < -0.4 is 4.74 Å². The van der Waals surface area contributed by atoms with Gasteiger partial charge in [0.1, 0.15) is 18.2 Å². The molecule has 1 aliphatic heterocycles. The zero-order valence-corrected chi connectivity index (χ0v) is 15.6. The van der Waals surface area contributed by atoms with E-state index in [0.717, 1.165) is 23.0 Å². The van der Waals surface area contributed by atoms with E-state index < -0.39 is 0 Å². The van der Waals surface area contributed by atoms with E-state index in [4.69, 9.17) is 9.47 Å². The van der Waals surface area contributed by atoms with Gasteiger partial charge in [-0.15, -0.1) is 10.2 Å². The van der Waals surface area contributed by atoms with Gasteiger partial charge in [0.2, 0.25) is 0 Å². The molecular weight excluding hydrogens is 332 g/mol. The number of rotatable bonds is 6. The van der Waals surface area contributed by atoms with Crippen LogP contribution in [0.5, 0.6) is 5.75 Å². The van der Waals surface area contributed by atoms with E-state index in [1.807, 2.05) is 49.9 Å². The number of ether oxygens (including phenoxy) is 2. The van der Waals surface area contributed by atoms with Gasteiger partial charge < -0.3 is 18.9 Å². The van der Waals surface area contributed by atoms with Crippen LogP contribution in [0, 0.1) is 6.92 Å². The second-order valence-electron chi connectivity index (χ2n) is 6.52. The van der Waals surface area contributed by atoms with Gasteiger partial charge in [0.05, 0.1) is 0 Å². The Morgan fingerprint density at radius 2 is 2.08 bits per heavy atom. The lowest BCUT2D eigenvalue weighted by molar-refractivity contribution is -0.135. The third-order valence-electron chi connectivity index (χ3n) is 4.68. The maximum absolute atomic E-state index is 12.7. The van der Waals surface area contributed by atoms with Gasteiger partial charge in [0.25, 0.3) is 5.91 Å². The van der Waals surface area contributed by atoms with Crippen molar-refractivity contribution >= 4 is 5.91 Å². The summed E-state index contributed by atoms with van der Waals surface area (Å²) in [5, 5.41) is 8.51. The third-order valence-corrected chi connectivity index (χ3v) is 4.68. The van der Waals surface area contributed by atoms with Gasteiger partial charge in [-0.05, 0) is 32.4 Å². The quantitative estimate of drug-likeness (QED) is 0.790. The zero-order valence-electron chi connectivity index (χ0n) is 15.6. The summed E-state index contributed by atoms with van der Waals surface area (Å²) in [5.74, 6) is 2.46. The Bertz CT molecular complexity index is 759. The Hall–Kier alpha value is -2.41. The molecule has 1 aromatic heterocycles. The van der Waals surface area contributed by atoms with E-state index in [9.17, 15) is 4.79 Å². The fourth-order valence-corrected chi connectivity index (χ4v) is 3.20. The van der Waals surface area contributed by atoms with Crippen LogP contribution in [0.25, 0.3) is 0 Å². The number of nitrogens with zero attached hydrogens (tertiary/aromatic N) is 4. The molecule has 140 valence electrons. The summed E-state index contributed by atoms with van der Waals surface area (Å²) >= 11 is 0. The predicted molar refractivity (Wildman–Crippen MR) is 96.9 cm³/mol. The number of fused-ring (bicyclic) bond motifs is 1. The van der Waals surface area contributed by atoms with E-state index in [0.29, 0.717) is 32.7 Å². The van der Waals surface area contributed by atoms with Crippen LogP contribution >= 0.6 is 0 Å². The first-order valence-electron chi connectivity index (χ1n) is 9.06. The SMILES string of the molecule is CCOCc1nnc2n1CCN(C(=O)COc1ccccc1C)C(C)C2. The highest BCUT2D eigenvalue weighted by atomic mass is 16.5. The molecule has 1 aliphatic rings. The zero-order chi connectivity index (χ0) is 18.5. The van der Waals surface area contributed by atoms with Crippen LogP contribution in [0.15, 0.2) is 24.3 Å². The summed E-state index contributed by atoms with van der Waals surface area (Å²) in [5.41, 5.74) is 1.02. The highest BCUT2D eigenvalue weighted by Gasteiger charge is 2.27. The summed E-state index contributed by atoms with van der Waals surface area (Å²) in [7, 11) is 0. The highest BCUT2D eigenvalue weighted by Crippen LogP contribution is 2.18. The van der Waals surface area contributed by atoms with E-state index >= 15 is 0 Å². The van der Waals surface area contributed by atoms with Crippen LogP contribution in [-0.2, 0) is 29.1 Å². The van der Waals surface area contributed by atoms with Crippen LogP contribution in [-0.4, -0.2) is 51.4 Å². The molecular formula is C19H26N4O3. The van der Waals surface area contributed by atoms with Gasteiger partial charge >= 0.3 is 0 Å². The minimum Gasteiger partial charge on any atom is -0.484 e. The molecule has 0 bridgehead atoms. The molecule has 7 heteroatoms. The van der Waals surface area contributed by atoms with E-state index in [1.54, 1.807) is 0 Å². The monoisotopic (exact) mass is 358 g/mol. The molecule has 0 saturated carbocycles. The standard InChI is InChI=1S/C19H26N4O3/c1-4-25-12-18-21-20-17-11-15(3)22(9-10-23(17)18)19(24)13-26-16-8-6-5-7-14(16)2/h5-8,15H,4,9-13H2,1-3H3. The number of carbonyl (C=O) groups excluding carboxylic acids is 1. The molecule has 1 unspecified atom stereocenters. The summed E-state index contributed by atoms with van der Waals surface area (Å²) in [6.45, 7) is 8.38. The number of benzene rings is 1. The Balaban J connectivity index is 1.63. The van der Waals surface area contributed by atoms with E-state index in [2.05, 4.69) is 14.8 Å². The van der Waals surface area contributed by atoms with Crippen molar-refractivity contribution in [2.75, 3.05) is 19.8 Å². The van der Waals surface area contributed by atoms with Crippen LogP contribution in [0.2, 0.25) is 0 Å². The Labute approximate surface area is 153 Å². The third kappa shape index (κ3) is 4.04. The maximum Gasteiger partial charge on any atom is 0.260 e. The Morgan fingerprint density at radius 1 is 1.27 bits per heavy atom. The van der Waals surface area contributed by atoms with Gasteiger partial charge in [0.15, 0.2) is 12.4 Å². The molecule has 0 radical (unpaired) electrons. The van der Waals surface area contributed by atoms with E-state index in [1.165, 1.54) is 0 Å². The van der Waals surface area contributed by atoms with Crippen molar-refractivity contribution in [1.29, 1.82) is 0 Å². The predicted octanol–water partition coefficient (Wildman–Crippen LogP) is 1.98. The largest absolute Gasteiger partial charge is 0.484 e. The number of hydrogen-bond acceptors (Lipinski definition) is 5. The molecule has 3 rings (SSSR count). The van der Waals surface area contributed by atoms with Crippen molar-refractivity contribution in [3.8, 4) is 5.75 Å². The van der Waals surface area contributed by atoms with Gasteiger partial charge in [-0.3, -0.25) is 4.79 Å². The summed E-state index contributed by atoms with van der Waals surface area (Å²) in [6.07, 6.45) is 0.676. The first kappa shape index (κ1) is 18.4. The van der Waals surface area contributed by atoms with Gasteiger partial charge in [-0.2, -0.15) is 0 Å². The van der Waals surface area contributed by atoms with Crippen molar-refractivity contribution in [3.05, 3.63) is 41.5 Å². The smallest absolute Gasteiger partial charge is 0.260 e. The van der Waals surface area contributed by atoms with Crippen molar-refractivity contribution in [3.63, 3.8) is 0 Å². The molecule has 0 saturated heterocycles. The fraction of sp³-hybridized carbons (Fsp3) is 0.526. The lowest BCUT2D eigenvalue weighted by Crippen LogP contribution is -2.42. The summed E-state index contributed by atoms with van der Waals surface area (Å²) in [6, 6.07) is 7.77. The Morgan fingerprint density at radius 3 is 2.85 bits per heavy atom. The molecule has 2 heterocycles. The van der Waals surface area contributed by atoms with Crippen molar-refractivity contribution in [2.24, 2.45) is 0 Å². The first-order chi connectivity index (χ1) is 12.6. The van der Waals surface area contributed by atoms with Crippen molar-refractivity contribution < 1.29 is 14.3 Å². The molecule has 2 aromatic rings. The number of aryl methyl sites for hydroxylation is 1. The first-order valence-corrected chi connectivity index (χ1v) is 9.06. The molecule has 0 N–H and O–H groups in total. The molecule has 7 nitrogen and oxygen atoms in total.